The summed E-state index contributed by atoms with van der Waals surface area (Å²) in [6, 6.07) is 10.8. The second-order valence-corrected chi connectivity index (χ2v) is 7.25. The Morgan fingerprint density at radius 3 is 2.55 bits per heavy atom. The normalized spacial score (nSPS) is 14.0. The van der Waals surface area contributed by atoms with Gasteiger partial charge >= 0.3 is 0 Å². The number of nitrogens with zero attached hydrogens (tertiary/aromatic N) is 4. The van der Waals surface area contributed by atoms with Crippen LogP contribution in [0, 0.1) is 0 Å². The van der Waals surface area contributed by atoms with E-state index in [0.717, 1.165) is 31.6 Å². The Morgan fingerprint density at radius 2 is 1.76 bits per heavy atom. The first-order chi connectivity index (χ1) is 14.1. The predicted octanol–water partition coefficient (Wildman–Crippen LogP) is 2.93. The number of carbonyl (C=O) groups excluding carboxylic acids is 1. The summed E-state index contributed by atoms with van der Waals surface area (Å²) in [4.78, 5) is 27.7. The third kappa shape index (κ3) is 2.84. The first-order valence-corrected chi connectivity index (χ1v) is 9.53. The minimum Gasteiger partial charge on any atom is -0.370 e. The molecule has 1 amide bonds. The summed E-state index contributed by atoms with van der Waals surface area (Å²) in [6.07, 6.45) is 3.84. The van der Waals surface area contributed by atoms with E-state index in [1.165, 1.54) is 4.57 Å². The maximum absolute atomic E-state index is 13.1. The highest BCUT2D eigenvalue weighted by Gasteiger charge is 2.21. The number of pyridine rings is 1. The van der Waals surface area contributed by atoms with Gasteiger partial charge in [0, 0.05) is 37.1 Å². The number of fused-ring (bicyclic) bond motifs is 2. The number of hydrogen-bond donors (Lipinski definition) is 1. The van der Waals surface area contributed by atoms with Crippen molar-refractivity contribution in [3.05, 3.63) is 58.5 Å². The van der Waals surface area contributed by atoms with E-state index in [1.807, 2.05) is 18.2 Å². The summed E-state index contributed by atoms with van der Waals surface area (Å²) in [6.45, 7) is 1.94. The molecule has 8 nitrogen and oxygen atoms in total. The van der Waals surface area contributed by atoms with Crippen molar-refractivity contribution in [3.63, 3.8) is 0 Å². The van der Waals surface area contributed by atoms with Crippen LogP contribution in [-0.4, -0.2) is 33.9 Å². The largest absolute Gasteiger partial charge is 0.370 e. The fraction of sp³-hybridized carbons (Fsp3) is 0.238. The molecular weight excluding hydrogens is 370 g/mol. The Balaban J connectivity index is 1.56. The third-order valence-corrected chi connectivity index (χ3v) is 5.42. The van der Waals surface area contributed by atoms with Crippen LogP contribution in [0.15, 0.2) is 52.0 Å². The Kier molecular flexibility index (Phi) is 4.04. The second-order valence-electron chi connectivity index (χ2n) is 7.25. The summed E-state index contributed by atoms with van der Waals surface area (Å²) < 4.78 is 6.39. The summed E-state index contributed by atoms with van der Waals surface area (Å²) >= 11 is 0. The third-order valence-electron chi connectivity index (χ3n) is 5.42. The molecule has 3 heterocycles. The fourth-order valence-electron chi connectivity index (χ4n) is 3.95. The minimum absolute atomic E-state index is 0.143. The summed E-state index contributed by atoms with van der Waals surface area (Å²) in [5.41, 5.74) is 2.90. The highest BCUT2D eigenvalue weighted by Crippen LogP contribution is 2.32. The number of hydrogen-bond acceptors (Lipinski definition) is 6. The molecule has 2 aromatic carbocycles. The van der Waals surface area contributed by atoms with E-state index in [2.05, 4.69) is 20.5 Å². The molecule has 0 bridgehead atoms. The molecule has 146 valence electrons. The molecule has 29 heavy (non-hydrogen) atoms. The van der Waals surface area contributed by atoms with Crippen LogP contribution in [0.25, 0.3) is 21.8 Å². The lowest BCUT2D eigenvalue weighted by atomic mass is 10.1. The van der Waals surface area contributed by atoms with Crippen molar-refractivity contribution in [3.8, 4) is 0 Å². The quantitative estimate of drug-likeness (QED) is 0.579. The van der Waals surface area contributed by atoms with Crippen molar-refractivity contribution in [2.75, 3.05) is 23.3 Å². The molecule has 0 saturated carbocycles. The molecule has 0 atom stereocenters. The molecule has 0 radical (unpaired) electrons. The molecule has 0 spiro atoms. The Labute approximate surface area is 165 Å². The van der Waals surface area contributed by atoms with Crippen LogP contribution in [0.3, 0.4) is 0 Å². The van der Waals surface area contributed by atoms with Gasteiger partial charge in [0.15, 0.2) is 11.0 Å². The van der Waals surface area contributed by atoms with Gasteiger partial charge in [0.25, 0.3) is 11.5 Å². The molecular formula is C21H19N5O3. The van der Waals surface area contributed by atoms with Crippen LogP contribution in [0.4, 0.5) is 11.4 Å². The Bertz CT molecular complexity index is 1300. The molecule has 0 aliphatic carbocycles. The van der Waals surface area contributed by atoms with E-state index in [4.69, 9.17) is 4.63 Å². The summed E-state index contributed by atoms with van der Waals surface area (Å²) in [5.74, 6) is -0.324. The van der Waals surface area contributed by atoms with Crippen LogP contribution in [0.1, 0.15) is 23.2 Å². The maximum atomic E-state index is 13.1. The zero-order chi connectivity index (χ0) is 20.0. The van der Waals surface area contributed by atoms with Gasteiger partial charge in [-0.25, -0.2) is 4.63 Å². The van der Waals surface area contributed by atoms with Gasteiger partial charge in [-0.15, -0.1) is 0 Å². The number of anilines is 2. The number of aromatic nitrogens is 3. The highest BCUT2D eigenvalue weighted by atomic mass is 16.6. The number of carbonyl (C=O) groups is 1. The number of benzene rings is 2. The van der Waals surface area contributed by atoms with Crippen molar-refractivity contribution < 1.29 is 9.42 Å². The molecule has 1 N–H and O–H groups in total. The minimum atomic E-state index is -0.324. The van der Waals surface area contributed by atoms with E-state index in [-0.39, 0.29) is 11.5 Å². The lowest BCUT2D eigenvalue weighted by Gasteiger charge is -2.18. The van der Waals surface area contributed by atoms with Gasteiger partial charge in [0.05, 0.1) is 16.9 Å². The molecule has 4 aromatic rings. The average molecular weight is 389 g/mol. The van der Waals surface area contributed by atoms with Gasteiger partial charge < -0.3 is 14.8 Å². The second kappa shape index (κ2) is 6.73. The van der Waals surface area contributed by atoms with Gasteiger partial charge in [-0.1, -0.05) is 18.2 Å². The summed E-state index contributed by atoms with van der Waals surface area (Å²) in [7, 11) is 1.64. The van der Waals surface area contributed by atoms with E-state index in [0.29, 0.717) is 33.1 Å². The van der Waals surface area contributed by atoms with E-state index in [1.54, 1.807) is 31.4 Å². The number of rotatable bonds is 3. The van der Waals surface area contributed by atoms with Gasteiger partial charge in [-0.3, -0.25) is 9.59 Å². The van der Waals surface area contributed by atoms with Crippen molar-refractivity contribution in [1.29, 1.82) is 0 Å². The van der Waals surface area contributed by atoms with E-state index >= 15 is 0 Å². The van der Waals surface area contributed by atoms with Crippen molar-refractivity contribution in [1.82, 2.24) is 14.9 Å². The molecule has 5 rings (SSSR count). The fourth-order valence-corrected chi connectivity index (χ4v) is 3.95. The summed E-state index contributed by atoms with van der Waals surface area (Å²) in [5, 5.41) is 12.1. The SMILES string of the molecule is Cn1cc(C(=O)Nc2ccc(N3CCCC3)c3nonc23)c2ccccc2c1=O. The number of nitrogens with one attached hydrogen (secondary N) is 1. The number of amides is 1. The van der Waals surface area contributed by atoms with Gasteiger partial charge in [-0.2, -0.15) is 0 Å². The van der Waals surface area contributed by atoms with Crippen molar-refractivity contribution in [2.24, 2.45) is 7.05 Å². The average Bonchev–Trinajstić information content (AvgIpc) is 3.43. The van der Waals surface area contributed by atoms with Crippen LogP contribution >= 0.6 is 0 Å². The van der Waals surface area contributed by atoms with Gasteiger partial charge in [-0.05, 0) is 41.4 Å². The Hall–Kier alpha value is -3.68. The standard InChI is InChI=1S/C21H19N5O3/c1-25-12-15(13-6-2-3-7-14(13)21(25)28)20(27)22-16-8-9-17(26-10-4-5-11-26)19-18(16)23-29-24-19/h2-3,6-9,12H,4-5,10-11H2,1H3,(H,22,27). The van der Waals surface area contributed by atoms with Crippen molar-refractivity contribution in [2.45, 2.75) is 12.8 Å². The zero-order valence-electron chi connectivity index (χ0n) is 15.9. The first kappa shape index (κ1) is 17.4. The maximum Gasteiger partial charge on any atom is 0.258 e. The molecule has 1 aliphatic heterocycles. The molecule has 1 fully saturated rings. The molecule has 1 saturated heterocycles. The van der Waals surface area contributed by atoms with Gasteiger partial charge in [0.1, 0.15) is 0 Å². The molecule has 1 aliphatic rings. The van der Waals surface area contributed by atoms with Crippen LogP contribution in [0.5, 0.6) is 0 Å². The van der Waals surface area contributed by atoms with E-state index in [9.17, 15) is 9.59 Å². The Morgan fingerprint density at radius 1 is 1.03 bits per heavy atom. The smallest absolute Gasteiger partial charge is 0.258 e. The van der Waals surface area contributed by atoms with E-state index < -0.39 is 0 Å². The van der Waals surface area contributed by atoms with Crippen LogP contribution in [-0.2, 0) is 7.05 Å². The lowest BCUT2D eigenvalue weighted by molar-refractivity contribution is 0.102. The van der Waals surface area contributed by atoms with Gasteiger partial charge in [0.2, 0.25) is 0 Å². The van der Waals surface area contributed by atoms with Crippen LogP contribution in [0.2, 0.25) is 0 Å². The van der Waals surface area contributed by atoms with Crippen molar-refractivity contribution >= 4 is 39.1 Å². The monoisotopic (exact) mass is 389 g/mol. The highest BCUT2D eigenvalue weighted by molar-refractivity contribution is 6.15. The topological polar surface area (TPSA) is 93.3 Å². The predicted molar refractivity (Wildman–Crippen MR) is 110 cm³/mol. The van der Waals surface area contributed by atoms with Crippen LogP contribution < -0.4 is 15.8 Å². The lowest BCUT2D eigenvalue weighted by Crippen LogP contribution is -2.22. The number of aryl methyl sites for hydroxylation is 1. The molecule has 2 aromatic heterocycles. The zero-order valence-corrected chi connectivity index (χ0v) is 15.9. The molecule has 0 unspecified atom stereocenters. The molecule has 8 heteroatoms. The first-order valence-electron chi connectivity index (χ1n) is 9.53.